The highest BCUT2D eigenvalue weighted by atomic mass is 15.2. The van der Waals surface area contributed by atoms with Crippen LogP contribution in [0.15, 0.2) is 54.0 Å². The van der Waals surface area contributed by atoms with Gasteiger partial charge in [-0.1, -0.05) is 41.9 Å². The summed E-state index contributed by atoms with van der Waals surface area (Å²) in [6, 6.07) is 16.5. The van der Waals surface area contributed by atoms with Crippen molar-refractivity contribution in [3.63, 3.8) is 0 Å². The summed E-state index contributed by atoms with van der Waals surface area (Å²) in [6.07, 6.45) is 1.83. The van der Waals surface area contributed by atoms with Crippen LogP contribution >= 0.6 is 0 Å². The average Bonchev–Trinajstić information content (AvgIpc) is 2.63. The van der Waals surface area contributed by atoms with Crippen molar-refractivity contribution in [1.82, 2.24) is 0 Å². The average molecular weight is 330 g/mol. The number of benzene rings is 2. The number of allylic oxidation sites excluding steroid dienone is 1. The number of fused-ring (bicyclic) bond motifs is 2. The molecule has 1 aromatic heterocycles. The third-order valence-corrected chi connectivity index (χ3v) is 5.29. The summed E-state index contributed by atoms with van der Waals surface area (Å²) >= 11 is 0. The molecular formula is C22H24BN2+. The number of para-hydroxylation sites is 1. The minimum atomic E-state index is -2.13. The summed E-state index contributed by atoms with van der Waals surface area (Å²) in [5, 5.41) is 1.25. The van der Waals surface area contributed by atoms with Crippen molar-refractivity contribution in [2.24, 2.45) is 7.05 Å². The molecule has 0 unspecified atom stereocenters. The van der Waals surface area contributed by atoms with Gasteiger partial charge in [0.25, 0.3) is 5.82 Å². The fourth-order valence-corrected chi connectivity index (χ4v) is 3.95. The Morgan fingerprint density at radius 3 is 2.64 bits per heavy atom. The number of aryl methyl sites for hydroxylation is 3. The van der Waals surface area contributed by atoms with Gasteiger partial charge in [0, 0.05) is 21.1 Å². The number of hydrogen-bond donors (Lipinski definition) is 0. The summed E-state index contributed by atoms with van der Waals surface area (Å²) in [5.41, 5.74) is 6.01. The van der Waals surface area contributed by atoms with Gasteiger partial charge in [0.1, 0.15) is 11.2 Å². The van der Waals surface area contributed by atoms with Gasteiger partial charge in [0.2, 0.25) is 0 Å². The van der Waals surface area contributed by atoms with E-state index in [9.17, 15) is 0 Å². The van der Waals surface area contributed by atoms with E-state index in [-0.39, 0.29) is 6.85 Å². The number of pyridine rings is 1. The first-order chi connectivity index (χ1) is 13.2. The van der Waals surface area contributed by atoms with Gasteiger partial charge in [-0.05, 0) is 50.8 Å². The highest BCUT2D eigenvalue weighted by Crippen LogP contribution is 2.36. The van der Waals surface area contributed by atoms with E-state index in [0.29, 0.717) is 5.47 Å². The summed E-state index contributed by atoms with van der Waals surface area (Å²) in [4.78, 5) is 2.16. The minimum absolute atomic E-state index is 0.268. The van der Waals surface area contributed by atoms with Gasteiger partial charge in [-0.15, -0.1) is 0 Å². The molecule has 1 aliphatic rings. The first kappa shape index (κ1) is 12.8. The Labute approximate surface area is 154 Å². The van der Waals surface area contributed by atoms with E-state index in [2.05, 4.69) is 60.6 Å². The highest BCUT2D eigenvalue weighted by Gasteiger charge is 2.37. The first-order valence-electron chi connectivity index (χ1n) is 10.2. The maximum atomic E-state index is 8.04. The Morgan fingerprint density at radius 2 is 1.84 bits per heavy atom. The Morgan fingerprint density at radius 1 is 1.04 bits per heavy atom. The van der Waals surface area contributed by atoms with Gasteiger partial charge in [-0.25, -0.2) is 4.57 Å². The maximum Gasteiger partial charge on any atom is 0.405 e. The second-order valence-corrected chi connectivity index (χ2v) is 6.92. The quantitative estimate of drug-likeness (QED) is 0.450. The number of anilines is 2. The number of nitrogens with zero attached hydrogens (tertiary/aromatic N) is 2. The molecule has 2 heterocycles. The van der Waals surface area contributed by atoms with E-state index in [1.807, 2.05) is 31.1 Å². The van der Waals surface area contributed by atoms with E-state index in [1.165, 1.54) is 16.5 Å². The molecule has 124 valence electrons. The molecule has 0 saturated carbocycles. The molecule has 0 N–H and O–H groups in total. The van der Waals surface area contributed by atoms with Crippen molar-refractivity contribution in [3.05, 3.63) is 70.7 Å². The molecule has 2 aromatic carbocycles. The normalized spacial score (nSPS) is 16.2. The van der Waals surface area contributed by atoms with Crippen LogP contribution in [0.4, 0.5) is 11.5 Å². The van der Waals surface area contributed by atoms with Crippen molar-refractivity contribution in [2.45, 2.75) is 27.5 Å². The van der Waals surface area contributed by atoms with Crippen molar-refractivity contribution in [1.29, 1.82) is 0 Å². The van der Waals surface area contributed by atoms with E-state index in [4.69, 9.17) is 4.11 Å². The number of hydrogen-bond acceptors (Lipinski definition) is 1. The van der Waals surface area contributed by atoms with Crippen LogP contribution in [-0.2, 0) is 7.05 Å². The van der Waals surface area contributed by atoms with E-state index >= 15 is 0 Å². The second-order valence-electron chi connectivity index (χ2n) is 6.92. The number of rotatable bonds is 1. The lowest BCUT2D eigenvalue weighted by molar-refractivity contribution is -0.631. The maximum absolute atomic E-state index is 8.04. The molecule has 2 nitrogen and oxygen atoms in total. The van der Waals surface area contributed by atoms with Crippen LogP contribution in [0.25, 0.3) is 17.0 Å². The van der Waals surface area contributed by atoms with Crippen LogP contribution in [0.1, 0.15) is 27.7 Å². The fourth-order valence-electron chi connectivity index (χ4n) is 3.95. The van der Waals surface area contributed by atoms with Crippen LogP contribution in [0.5, 0.6) is 0 Å². The minimum Gasteiger partial charge on any atom is -0.287 e. The zero-order valence-electron chi connectivity index (χ0n) is 18.2. The lowest BCUT2D eigenvalue weighted by atomic mass is 9.54. The van der Waals surface area contributed by atoms with Crippen LogP contribution in [0.2, 0.25) is 6.82 Å². The SMILES string of the molecule is [2H]C([2H])([2H])C1=Cc2ccccc2N(c2cc(C)c3c(C)cccc3[n+]2C)B1C. The molecule has 0 radical (unpaired) electrons. The molecule has 0 amide bonds. The summed E-state index contributed by atoms with van der Waals surface area (Å²) in [6.45, 7) is 3.83. The predicted molar refractivity (Wildman–Crippen MR) is 108 cm³/mol. The second kappa shape index (κ2) is 5.77. The van der Waals surface area contributed by atoms with E-state index in [1.54, 1.807) is 0 Å². The monoisotopic (exact) mass is 330 g/mol. The molecule has 0 aliphatic carbocycles. The van der Waals surface area contributed by atoms with Gasteiger partial charge in [-0.2, -0.15) is 0 Å². The molecular weight excluding hydrogens is 303 g/mol. The summed E-state index contributed by atoms with van der Waals surface area (Å²) < 4.78 is 26.3. The molecule has 0 bridgehead atoms. The molecule has 0 saturated heterocycles. The van der Waals surface area contributed by atoms with Gasteiger partial charge < -0.3 is 0 Å². The van der Waals surface area contributed by atoms with Crippen molar-refractivity contribution in [2.75, 3.05) is 4.81 Å². The predicted octanol–water partition coefficient (Wildman–Crippen LogP) is 5.00. The molecule has 1 aliphatic heterocycles. The zero-order chi connectivity index (χ0) is 20.2. The Kier molecular flexibility index (Phi) is 2.94. The lowest BCUT2D eigenvalue weighted by Crippen LogP contribution is -2.45. The van der Waals surface area contributed by atoms with Crippen LogP contribution in [0, 0.1) is 13.8 Å². The van der Waals surface area contributed by atoms with Gasteiger partial charge in [0.15, 0.2) is 0 Å². The highest BCUT2D eigenvalue weighted by molar-refractivity contribution is 6.72. The zero-order valence-corrected chi connectivity index (χ0v) is 15.2. The Hall–Kier alpha value is -2.55. The molecule has 25 heavy (non-hydrogen) atoms. The molecule has 3 heteroatoms. The van der Waals surface area contributed by atoms with E-state index in [0.717, 1.165) is 22.6 Å². The Bertz CT molecular complexity index is 1120. The molecule has 0 fully saturated rings. The van der Waals surface area contributed by atoms with Crippen molar-refractivity contribution < 1.29 is 8.68 Å². The molecule has 0 spiro atoms. The Balaban J connectivity index is 2.01. The van der Waals surface area contributed by atoms with Gasteiger partial charge in [0.05, 0.1) is 7.05 Å². The smallest absolute Gasteiger partial charge is 0.287 e. The largest absolute Gasteiger partial charge is 0.405 e. The standard InChI is InChI=1S/C22H24BN2/c1-15-9-8-12-20-22(15)16(2)13-21(24(20)5)25-19-11-7-6-10-18(19)14-17(3)23(25)4/h6-14H,1-5H3/q+1/i3D3. The van der Waals surface area contributed by atoms with Gasteiger partial charge >= 0.3 is 6.85 Å². The molecule has 4 rings (SSSR count). The topological polar surface area (TPSA) is 7.12 Å². The molecule has 0 atom stereocenters. The van der Waals surface area contributed by atoms with Crippen molar-refractivity contribution >= 4 is 35.3 Å². The third kappa shape index (κ3) is 2.38. The molecule has 3 aromatic rings. The van der Waals surface area contributed by atoms with Gasteiger partial charge in [-0.3, -0.25) is 4.81 Å². The fraction of sp³-hybridized carbons (Fsp3) is 0.227. The van der Waals surface area contributed by atoms with Crippen molar-refractivity contribution in [3.8, 4) is 0 Å². The van der Waals surface area contributed by atoms with Crippen LogP contribution in [0.3, 0.4) is 0 Å². The summed E-state index contributed by atoms with van der Waals surface area (Å²) in [5.74, 6) is 0.991. The van der Waals surface area contributed by atoms with Crippen LogP contribution < -0.4 is 9.38 Å². The lowest BCUT2D eigenvalue weighted by Gasteiger charge is -2.29. The summed E-state index contributed by atoms with van der Waals surface area (Å²) in [7, 11) is 2.05. The third-order valence-electron chi connectivity index (χ3n) is 5.29. The van der Waals surface area contributed by atoms with E-state index < -0.39 is 6.85 Å². The first-order valence-corrected chi connectivity index (χ1v) is 8.69. The number of aromatic nitrogens is 1. The van der Waals surface area contributed by atoms with Crippen LogP contribution in [-0.4, -0.2) is 6.85 Å².